The fourth-order valence-electron chi connectivity index (χ4n) is 1.25. The molecule has 1 aromatic heterocycles. The maximum Gasteiger partial charge on any atom is 0.307 e. The Kier molecular flexibility index (Phi) is 10.7. The van der Waals surface area contributed by atoms with Crippen molar-refractivity contribution in [3.05, 3.63) is 23.9 Å². The van der Waals surface area contributed by atoms with Crippen LogP contribution < -0.4 is 10.5 Å². The van der Waals surface area contributed by atoms with Crippen LogP contribution in [0.4, 0.5) is 0 Å². The van der Waals surface area contributed by atoms with Crippen molar-refractivity contribution in [2.24, 2.45) is 5.73 Å². The van der Waals surface area contributed by atoms with Crippen molar-refractivity contribution in [1.82, 2.24) is 4.98 Å². The largest absolute Gasteiger partial charge is 0.481 e. The molecule has 1 heterocycles. The third-order valence-electron chi connectivity index (χ3n) is 2.09. The summed E-state index contributed by atoms with van der Waals surface area (Å²) in [6.07, 6.45) is 1.75. The molecule has 5 nitrogen and oxygen atoms in total. The molecule has 0 radical (unpaired) electrons. The molecule has 1 atom stereocenters. The van der Waals surface area contributed by atoms with Gasteiger partial charge in [-0.1, -0.05) is 6.07 Å². The van der Waals surface area contributed by atoms with Crippen molar-refractivity contribution in [1.29, 1.82) is 0 Å². The van der Waals surface area contributed by atoms with Crippen molar-refractivity contribution in [2.45, 2.75) is 19.4 Å². The van der Waals surface area contributed by atoms with Crippen LogP contribution in [-0.2, 0) is 9.53 Å². The number of nitrogens with zero attached hydrogens (tertiary/aromatic N) is 1. The van der Waals surface area contributed by atoms with Crippen LogP contribution >= 0.6 is 24.8 Å². The zero-order valence-electron chi connectivity index (χ0n) is 10.3. The highest BCUT2D eigenvalue weighted by atomic mass is 35.5. The minimum Gasteiger partial charge on any atom is -0.481 e. The van der Waals surface area contributed by atoms with Gasteiger partial charge in [0.15, 0.2) is 0 Å². The van der Waals surface area contributed by atoms with Gasteiger partial charge in [0.25, 0.3) is 0 Å². The third kappa shape index (κ3) is 6.05. The Hall–Kier alpha value is -1.04. The number of rotatable bonds is 5. The number of pyridine rings is 1. The Labute approximate surface area is 119 Å². The molecule has 104 valence electrons. The number of nitrogens with two attached hydrogens (primary N) is 1. The number of carbonyl (C=O) groups is 1. The number of ether oxygens (including phenoxy) is 2. The summed E-state index contributed by atoms with van der Waals surface area (Å²) in [7, 11) is 1.54. The molecule has 0 fully saturated rings. The van der Waals surface area contributed by atoms with Crippen molar-refractivity contribution in [3.8, 4) is 5.88 Å². The van der Waals surface area contributed by atoms with Gasteiger partial charge in [-0.2, -0.15) is 0 Å². The first-order chi connectivity index (χ1) is 7.67. The minimum absolute atomic E-state index is 0. The topological polar surface area (TPSA) is 74.4 Å². The molecule has 2 N–H and O–H groups in total. The van der Waals surface area contributed by atoms with E-state index in [1.54, 1.807) is 32.4 Å². The van der Waals surface area contributed by atoms with Crippen LogP contribution in [0.2, 0.25) is 0 Å². The summed E-state index contributed by atoms with van der Waals surface area (Å²) in [6, 6.07) is 3.10. The van der Waals surface area contributed by atoms with Crippen LogP contribution in [0.5, 0.6) is 5.88 Å². The molecule has 0 aliphatic carbocycles. The average molecular weight is 297 g/mol. The number of hydrogen-bond acceptors (Lipinski definition) is 5. The van der Waals surface area contributed by atoms with E-state index in [0.717, 1.165) is 5.56 Å². The molecule has 1 aromatic rings. The van der Waals surface area contributed by atoms with E-state index in [1.165, 1.54) is 0 Å². The van der Waals surface area contributed by atoms with Crippen molar-refractivity contribution >= 4 is 30.8 Å². The number of methoxy groups -OCH3 is 1. The summed E-state index contributed by atoms with van der Waals surface area (Å²) >= 11 is 0. The maximum absolute atomic E-state index is 11.2. The van der Waals surface area contributed by atoms with Crippen LogP contribution in [0.25, 0.3) is 0 Å². The van der Waals surface area contributed by atoms with Gasteiger partial charge in [0.2, 0.25) is 5.88 Å². The second-order valence-electron chi connectivity index (χ2n) is 3.25. The highest BCUT2D eigenvalue weighted by molar-refractivity contribution is 5.85. The van der Waals surface area contributed by atoms with E-state index in [2.05, 4.69) is 4.98 Å². The van der Waals surface area contributed by atoms with Gasteiger partial charge in [-0.15, -0.1) is 24.8 Å². The molecule has 0 saturated heterocycles. The van der Waals surface area contributed by atoms with Crippen LogP contribution in [0.1, 0.15) is 24.9 Å². The highest BCUT2D eigenvalue weighted by Crippen LogP contribution is 2.15. The first-order valence-electron chi connectivity index (χ1n) is 5.08. The number of hydrogen-bond donors (Lipinski definition) is 1. The smallest absolute Gasteiger partial charge is 0.307 e. The van der Waals surface area contributed by atoms with Gasteiger partial charge in [0.05, 0.1) is 20.1 Å². The molecule has 0 amide bonds. The van der Waals surface area contributed by atoms with Gasteiger partial charge >= 0.3 is 5.97 Å². The van der Waals surface area contributed by atoms with Gasteiger partial charge < -0.3 is 15.2 Å². The monoisotopic (exact) mass is 296 g/mol. The van der Waals surface area contributed by atoms with Crippen LogP contribution in [-0.4, -0.2) is 24.7 Å². The second kappa shape index (κ2) is 9.94. The lowest BCUT2D eigenvalue weighted by Gasteiger charge is -2.10. The summed E-state index contributed by atoms with van der Waals surface area (Å²) in [5.74, 6) is 0.220. The molecular weight excluding hydrogens is 279 g/mol. The fourth-order valence-corrected chi connectivity index (χ4v) is 1.25. The van der Waals surface area contributed by atoms with Gasteiger partial charge in [-0.05, 0) is 12.5 Å². The summed E-state index contributed by atoms with van der Waals surface area (Å²) in [5, 5.41) is 0. The molecular formula is C11H18Cl2N2O3. The molecule has 0 spiro atoms. The van der Waals surface area contributed by atoms with E-state index < -0.39 is 6.04 Å². The molecule has 7 heteroatoms. The number of carbonyl (C=O) groups excluding carboxylic acids is 1. The van der Waals surface area contributed by atoms with Crippen LogP contribution in [0.3, 0.4) is 0 Å². The maximum atomic E-state index is 11.2. The summed E-state index contributed by atoms with van der Waals surface area (Å²) in [6.45, 7) is 2.13. The predicted octanol–water partition coefficient (Wildman–Crippen LogP) is 1.89. The van der Waals surface area contributed by atoms with Crippen molar-refractivity contribution in [3.63, 3.8) is 0 Å². The van der Waals surface area contributed by atoms with E-state index in [-0.39, 0.29) is 37.2 Å². The normalized spacial score (nSPS) is 10.6. The van der Waals surface area contributed by atoms with E-state index >= 15 is 0 Å². The fraction of sp³-hybridized carbons (Fsp3) is 0.455. The number of esters is 1. The van der Waals surface area contributed by atoms with E-state index in [9.17, 15) is 4.79 Å². The standard InChI is InChI=1S/C11H16N2O3.2ClH/c1-3-16-11(14)6-9(12)8-4-5-10(15-2)13-7-8;;/h4-5,7,9H,3,6,12H2,1-2H3;2*1H/t9-;;/m0../s1. The summed E-state index contributed by atoms with van der Waals surface area (Å²) in [4.78, 5) is 15.2. The first kappa shape index (κ1) is 19.3. The molecule has 0 unspecified atom stereocenters. The second-order valence-corrected chi connectivity index (χ2v) is 3.25. The zero-order valence-corrected chi connectivity index (χ0v) is 11.9. The van der Waals surface area contributed by atoms with Crippen LogP contribution in [0, 0.1) is 0 Å². The van der Waals surface area contributed by atoms with E-state index in [0.29, 0.717) is 12.5 Å². The SMILES string of the molecule is CCOC(=O)C[C@H](N)c1ccc(OC)nc1.Cl.Cl. The van der Waals surface area contributed by atoms with Gasteiger partial charge in [-0.3, -0.25) is 4.79 Å². The lowest BCUT2D eigenvalue weighted by Crippen LogP contribution is -2.17. The summed E-state index contributed by atoms with van der Waals surface area (Å²) < 4.78 is 9.74. The van der Waals surface area contributed by atoms with Gasteiger partial charge in [0, 0.05) is 18.3 Å². The molecule has 0 aliphatic heterocycles. The lowest BCUT2D eigenvalue weighted by molar-refractivity contribution is -0.143. The van der Waals surface area contributed by atoms with Crippen molar-refractivity contribution < 1.29 is 14.3 Å². The molecule has 18 heavy (non-hydrogen) atoms. The minimum atomic E-state index is -0.391. The molecule has 1 rings (SSSR count). The third-order valence-corrected chi connectivity index (χ3v) is 2.09. The zero-order chi connectivity index (χ0) is 12.0. The van der Waals surface area contributed by atoms with Crippen molar-refractivity contribution in [2.75, 3.05) is 13.7 Å². The highest BCUT2D eigenvalue weighted by Gasteiger charge is 2.12. The van der Waals surface area contributed by atoms with E-state index in [1.807, 2.05) is 0 Å². The van der Waals surface area contributed by atoms with Gasteiger partial charge in [-0.25, -0.2) is 4.98 Å². The molecule has 0 aliphatic rings. The Morgan fingerprint density at radius 2 is 2.11 bits per heavy atom. The molecule has 0 saturated carbocycles. The van der Waals surface area contributed by atoms with Crippen LogP contribution in [0.15, 0.2) is 18.3 Å². The molecule has 0 aromatic carbocycles. The number of aromatic nitrogens is 1. The Morgan fingerprint density at radius 3 is 2.56 bits per heavy atom. The first-order valence-corrected chi connectivity index (χ1v) is 5.08. The molecule has 0 bridgehead atoms. The summed E-state index contributed by atoms with van der Waals surface area (Å²) in [5.41, 5.74) is 6.62. The Balaban J connectivity index is 0. The van der Waals surface area contributed by atoms with E-state index in [4.69, 9.17) is 15.2 Å². The Morgan fingerprint density at radius 1 is 1.44 bits per heavy atom. The van der Waals surface area contributed by atoms with Gasteiger partial charge in [0.1, 0.15) is 0 Å². The average Bonchev–Trinajstić information content (AvgIpc) is 2.29. The lowest BCUT2D eigenvalue weighted by atomic mass is 10.1. The number of halogens is 2. The Bertz CT molecular complexity index is 347. The predicted molar refractivity (Wildman–Crippen MR) is 73.5 cm³/mol. The quantitative estimate of drug-likeness (QED) is 0.840.